The number of amides is 1. The van der Waals surface area contributed by atoms with Gasteiger partial charge in [-0.3, -0.25) is 4.79 Å². The van der Waals surface area contributed by atoms with E-state index in [0.717, 1.165) is 22.3 Å². The first-order valence-corrected chi connectivity index (χ1v) is 9.72. The molecule has 1 aliphatic rings. The van der Waals surface area contributed by atoms with Gasteiger partial charge in [0.2, 0.25) is 0 Å². The summed E-state index contributed by atoms with van der Waals surface area (Å²) in [6.45, 7) is 5.09. The molecule has 166 valence electrons. The van der Waals surface area contributed by atoms with E-state index in [1.54, 1.807) is 20.8 Å². The van der Waals surface area contributed by atoms with Gasteiger partial charge in [0.05, 0.1) is 6.42 Å². The van der Waals surface area contributed by atoms with E-state index in [2.05, 4.69) is 5.32 Å². The number of esters is 1. The number of carbonyl (C=O) groups excluding carboxylic acids is 2. The Kier molecular flexibility index (Phi) is 7.73. The van der Waals surface area contributed by atoms with Gasteiger partial charge in [-0.25, -0.2) is 9.59 Å². The molecule has 0 aromatic heterocycles. The first kappa shape index (κ1) is 24.3. The number of alkyl carbamates (subject to hydrolysis) is 1. The molecule has 0 heterocycles. The average molecular weight is 446 g/mol. The number of carboxylic acids is 1. The van der Waals surface area contributed by atoms with Gasteiger partial charge in [-0.05, 0) is 43.0 Å². The van der Waals surface area contributed by atoms with Crippen molar-refractivity contribution in [3.05, 3.63) is 59.7 Å². The molecule has 0 radical (unpaired) electrons. The van der Waals surface area contributed by atoms with Gasteiger partial charge in [-0.15, -0.1) is 0 Å². The van der Waals surface area contributed by atoms with E-state index < -0.39 is 36.1 Å². The number of aliphatic carboxylic acids is 1. The summed E-state index contributed by atoms with van der Waals surface area (Å²) in [6.07, 6.45) is -1.38. The van der Waals surface area contributed by atoms with Crippen molar-refractivity contribution in [3.63, 3.8) is 0 Å². The predicted molar refractivity (Wildman–Crippen MR) is 120 cm³/mol. The molecule has 0 spiro atoms. The largest absolute Gasteiger partial charge is 0.480 e. The first-order chi connectivity index (χ1) is 14.2. The molecule has 2 aromatic carbocycles. The van der Waals surface area contributed by atoms with Gasteiger partial charge in [-0.1, -0.05) is 48.5 Å². The average Bonchev–Trinajstić information content (AvgIpc) is 2.98. The fraction of sp³-hybridized carbons (Fsp3) is 0.348. The van der Waals surface area contributed by atoms with Crippen LogP contribution in [0.3, 0.4) is 0 Å². The molecule has 2 N–H and O–H groups in total. The van der Waals surface area contributed by atoms with Gasteiger partial charge in [0, 0.05) is 5.92 Å². The summed E-state index contributed by atoms with van der Waals surface area (Å²) in [5.74, 6) is -2.19. The molecule has 0 saturated carbocycles. The third-order valence-corrected chi connectivity index (χ3v) is 4.72. The summed E-state index contributed by atoms with van der Waals surface area (Å²) in [4.78, 5) is 35.6. The summed E-state index contributed by atoms with van der Waals surface area (Å²) in [5.41, 5.74) is 3.54. The second-order valence-electron chi connectivity index (χ2n) is 8.15. The number of carbonyl (C=O) groups is 3. The van der Waals surface area contributed by atoms with E-state index in [9.17, 15) is 19.5 Å². The molecule has 0 saturated heterocycles. The maximum Gasteiger partial charge on any atom is 0.407 e. The zero-order valence-corrected chi connectivity index (χ0v) is 18.7. The maximum atomic E-state index is 12.3. The summed E-state index contributed by atoms with van der Waals surface area (Å²) >= 11 is 0. The zero-order valence-electron chi connectivity index (χ0n) is 17.7. The van der Waals surface area contributed by atoms with Gasteiger partial charge >= 0.3 is 18.0 Å². The summed E-state index contributed by atoms with van der Waals surface area (Å²) in [6, 6.07) is 14.4. The second-order valence-corrected chi connectivity index (χ2v) is 8.15. The highest BCUT2D eigenvalue weighted by Gasteiger charge is 2.30. The van der Waals surface area contributed by atoms with Crippen molar-refractivity contribution in [1.29, 1.82) is 0 Å². The summed E-state index contributed by atoms with van der Waals surface area (Å²) < 4.78 is 10.5. The van der Waals surface area contributed by atoms with Gasteiger partial charge in [0.1, 0.15) is 18.2 Å². The van der Waals surface area contributed by atoms with E-state index in [-0.39, 0.29) is 26.0 Å². The molecular formula is C23H27NO6S. The Hall–Kier alpha value is -3.00. The fourth-order valence-corrected chi connectivity index (χ4v) is 3.53. The van der Waals surface area contributed by atoms with Crippen LogP contribution >= 0.6 is 13.5 Å². The molecule has 1 atom stereocenters. The lowest BCUT2D eigenvalue weighted by Crippen LogP contribution is -2.43. The van der Waals surface area contributed by atoms with Crippen molar-refractivity contribution in [3.8, 4) is 11.1 Å². The Morgan fingerprint density at radius 2 is 1.52 bits per heavy atom. The third kappa shape index (κ3) is 6.01. The summed E-state index contributed by atoms with van der Waals surface area (Å²) in [7, 11) is 0. The topological polar surface area (TPSA) is 102 Å². The highest BCUT2D eigenvalue weighted by molar-refractivity contribution is 7.59. The third-order valence-electron chi connectivity index (χ3n) is 4.72. The van der Waals surface area contributed by atoms with Crippen LogP contribution in [0.1, 0.15) is 44.2 Å². The Balaban J connectivity index is 0.00000341. The van der Waals surface area contributed by atoms with Crippen LogP contribution in [0.5, 0.6) is 0 Å². The van der Waals surface area contributed by atoms with Crippen molar-refractivity contribution in [1.82, 2.24) is 5.32 Å². The minimum atomic E-state index is -1.43. The molecule has 0 bridgehead atoms. The van der Waals surface area contributed by atoms with Crippen LogP contribution < -0.4 is 5.32 Å². The maximum absolute atomic E-state index is 12.3. The predicted octanol–water partition coefficient (Wildman–Crippen LogP) is 3.82. The Morgan fingerprint density at radius 3 is 2.00 bits per heavy atom. The van der Waals surface area contributed by atoms with E-state index in [0.29, 0.717) is 0 Å². The van der Waals surface area contributed by atoms with Crippen molar-refractivity contribution >= 4 is 31.5 Å². The molecular weight excluding hydrogens is 418 g/mol. The van der Waals surface area contributed by atoms with Crippen LogP contribution in [-0.2, 0) is 19.1 Å². The minimum absolute atomic E-state index is 0. The number of fused-ring (bicyclic) bond motifs is 3. The fourth-order valence-electron chi connectivity index (χ4n) is 3.53. The number of benzene rings is 2. The second kappa shape index (κ2) is 9.87. The van der Waals surface area contributed by atoms with Crippen LogP contribution in [0.25, 0.3) is 11.1 Å². The molecule has 0 fully saturated rings. The molecule has 1 aliphatic carbocycles. The van der Waals surface area contributed by atoms with Crippen molar-refractivity contribution in [2.24, 2.45) is 0 Å². The van der Waals surface area contributed by atoms with Crippen LogP contribution in [0, 0.1) is 0 Å². The number of rotatable bonds is 6. The van der Waals surface area contributed by atoms with Gasteiger partial charge in [0.25, 0.3) is 0 Å². The number of nitrogens with one attached hydrogen (secondary N) is 1. The first-order valence-electron chi connectivity index (χ1n) is 9.72. The number of hydrogen-bond donors (Lipinski definition) is 2. The van der Waals surface area contributed by atoms with E-state index in [4.69, 9.17) is 9.47 Å². The number of ether oxygens (including phenoxy) is 2. The highest BCUT2D eigenvalue weighted by atomic mass is 32.1. The lowest BCUT2D eigenvalue weighted by atomic mass is 9.98. The highest BCUT2D eigenvalue weighted by Crippen LogP contribution is 2.44. The lowest BCUT2D eigenvalue weighted by Gasteiger charge is -2.21. The monoisotopic (exact) mass is 445 g/mol. The standard InChI is InChI=1S/C23H25NO6.H2S/c1-23(2,3)30-20(25)12-19(21(26)27)24-22(28)29-13-18-16-10-6-4-8-14(16)15-9-5-7-11-17(15)18;/h4-11,18-19H,12-13H2,1-3H3,(H,24,28)(H,26,27);1H2/t19-;/m0./s1. The Labute approximate surface area is 188 Å². The van der Waals surface area contributed by atoms with Crippen molar-refractivity contribution in [2.75, 3.05) is 6.61 Å². The van der Waals surface area contributed by atoms with Gasteiger partial charge < -0.3 is 19.9 Å². The molecule has 31 heavy (non-hydrogen) atoms. The zero-order chi connectivity index (χ0) is 21.9. The molecule has 2 aromatic rings. The minimum Gasteiger partial charge on any atom is -0.480 e. The molecule has 3 rings (SSSR count). The van der Waals surface area contributed by atoms with Crippen LogP contribution in [-0.4, -0.2) is 41.4 Å². The Morgan fingerprint density at radius 1 is 1.00 bits per heavy atom. The van der Waals surface area contributed by atoms with Gasteiger partial charge in [0.15, 0.2) is 0 Å². The van der Waals surface area contributed by atoms with Crippen molar-refractivity contribution in [2.45, 2.75) is 44.8 Å². The summed E-state index contributed by atoms with van der Waals surface area (Å²) in [5, 5.41) is 11.6. The lowest BCUT2D eigenvalue weighted by molar-refractivity contribution is -0.158. The smallest absolute Gasteiger partial charge is 0.407 e. The molecule has 0 unspecified atom stereocenters. The molecule has 8 heteroatoms. The van der Waals surface area contributed by atoms with Crippen LogP contribution in [0.4, 0.5) is 4.79 Å². The van der Waals surface area contributed by atoms with E-state index in [1.165, 1.54) is 0 Å². The van der Waals surface area contributed by atoms with Crippen LogP contribution in [0.15, 0.2) is 48.5 Å². The van der Waals surface area contributed by atoms with E-state index in [1.807, 2.05) is 48.5 Å². The molecule has 7 nitrogen and oxygen atoms in total. The number of hydrogen-bond acceptors (Lipinski definition) is 5. The quantitative estimate of drug-likeness (QED) is 0.656. The normalized spacial score (nSPS) is 13.3. The SMILES string of the molecule is CC(C)(C)OC(=O)C[C@H](NC(=O)OCC1c2ccccc2-c2ccccc21)C(=O)O.S. The number of carboxylic acid groups (broad SMARTS) is 1. The molecule has 1 amide bonds. The molecule has 0 aliphatic heterocycles. The Bertz CT molecular complexity index is 923. The van der Waals surface area contributed by atoms with Gasteiger partial charge in [-0.2, -0.15) is 13.5 Å². The van der Waals surface area contributed by atoms with Crippen molar-refractivity contribution < 1.29 is 29.0 Å². The van der Waals surface area contributed by atoms with E-state index >= 15 is 0 Å². The van der Waals surface area contributed by atoms with Crippen LogP contribution in [0.2, 0.25) is 0 Å².